The number of allylic oxidation sites excluding steroid dienone is 4. The molecule has 0 saturated carbocycles. The minimum Gasteiger partial charge on any atom is -0.469 e. The molecule has 6 heteroatoms. The summed E-state index contributed by atoms with van der Waals surface area (Å²) in [7, 11) is 0.749. The van der Waals surface area contributed by atoms with Crippen molar-refractivity contribution in [3.05, 3.63) is 95.1 Å². The molecule has 0 saturated heterocycles. The largest absolute Gasteiger partial charge is 0.469 e. The fourth-order valence-corrected chi connectivity index (χ4v) is 9.76. The zero-order chi connectivity index (χ0) is 30.9. The van der Waals surface area contributed by atoms with Crippen LogP contribution in [0.5, 0.6) is 0 Å². The molecular formula is C36H52O4Si2. The highest BCUT2D eigenvalue weighted by molar-refractivity contribution is 6.77. The molecule has 2 aliphatic rings. The Morgan fingerprint density at radius 3 is 1.24 bits per heavy atom. The van der Waals surface area contributed by atoms with E-state index in [1.165, 1.54) is 48.6 Å². The van der Waals surface area contributed by atoms with Gasteiger partial charge in [0, 0.05) is 28.0 Å². The first kappa shape index (κ1) is 33.8. The van der Waals surface area contributed by atoms with E-state index in [0.717, 1.165) is 25.7 Å². The Morgan fingerprint density at radius 2 is 0.952 bits per heavy atom. The maximum Gasteiger partial charge on any atom is 0.309 e. The minimum absolute atomic E-state index is 0.0391. The number of esters is 2. The molecule has 0 aromatic heterocycles. The SMILES string of the molecule is COC(=O)[C@@H]1CCC(C[Si](C)(C)C)=C[C@@H]1c1ccccc1.COC(=O)[C@H]1CCC(C[Si](C)(C)C)=C[C@@H]1c1ccccc1. The van der Waals surface area contributed by atoms with Crippen LogP contribution in [-0.4, -0.2) is 42.3 Å². The minimum atomic E-state index is -1.12. The second kappa shape index (κ2) is 15.1. The lowest BCUT2D eigenvalue weighted by molar-refractivity contribution is -0.147. The third-order valence-corrected chi connectivity index (χ3v) is 11.2. The molecule has 0 heterocycles. The third-order valence-electron chi connectivity index (χ3n) is 8.14. The van der Waals surface area contributed by atoms with Gasteiger partial charge in [0.1, 0.15) is 0 Å². The van der Waals surface area contributed by atoms with Crippen LogP contribution >= 0.6 is 0 Å². The summed E-state index contributed by atoms with van der Waals surface area (Å²) >= 11 is 0. The van der Waals surface area contributed by atoms with Gasteiger partial charge in [0.25, 0.3) is 0 Å². The van der Waals surface area contributed by atoms with Crippen molar-refractivity contribution in [3.8, 4) is 0 Å². The fraction of sp³-hybridized carbons (Fsp3) is 0.500. The summed E-state index contributed by atoms with van der Waals surface area (Å²) in [6.07, 6.45) is 8.57. The molecule has 0 aliphatic heterocycles. The quantitative estimate of drug-likeness (QED) is 0.171. The van der Waals surface area contributed by atoms with E-state index in [2.05, 4.69) is 75.7 Å². The Hall–Kier alpha value is -2.71. The molecule has 4 rings (SSSR count). The van der Waals surface area contributed by atoms with Gasteiger partial charge in [0.2, 0.25) is 0 Å². The normalized spacial score (nSPS) is 22.6. The van der Waals surface area contributed by atoms with Gasteiger partial charge in [-0.3, -0.25) is 9.59 Å². The van der Waals surface area contributed by atoms with Gasteiger partial charge in [-0.25, -0.2) is 0 Å². The van der Waals surface area contributed by atoms with Crippen LogP contribution in [0.4, 0.5) is 0 Å². The summed E-state index contributed by atoms with van der Waals surface area (Å²) in [5.74, 6) is 0.0994. The number of carbonyl (C=O) groups excluding carboxylic acids is 2. The first-order chi connectivity index (χ1) is 19.8. The molecule has 0 bridgehead atoms. The number of hydrogen-bond acceptors (Lipinski definition) is 4. The lowest BCUT2D eigenvalue weighted by atomic mass is 9.77. The van der Waals surface area contributed by atoms with Crippen molar-refractivity contribution >= 4 is 28.1 Å². The summed E-state index contributed by atoms with van der Waals surface area (Å²) in [5.41, 5.74) is 5.51. The van der Waals surface area contributed by atoms with E-state index >= 15 is 0 Å². The Bertz CT molecular complexity index is 1130. The fourth-order valence-electron chi connectivity index (χ4n) is 6.44. The smallest absolute Gasteiger partial charge is 0.309 e. The number of carbonyl (C=O) groups is 2. The number of ether oxygens (including phenoxy) is 2. The average Bonchev–Trinajstić information content (AvgIpc) is 2.96. The number of rotatable bonds is 8. The van der Waals surface area contributed by atoms with Crippen molar-refractivity contribution in [1.29, 1.82) is 0 Å². The van der Waals surface area contributed by atoms with Gasteiger partial charge in [-0.15, -0.1) is 0 Å². The lowest BCUT2D eigenvalue weighted by Gasteiger charge is -2.31. The topological polar surface area (TPSA) is 52.6 Å². The Balaban J connectivity index is 0.000000230. The lowest BCUT2D eigenvalue weighted by Crippen LogP contribution is -2.28. The molecule has 228 valence electrons. The molecule has 2 aromatic rings. The van der Waals surface area contributed by atoms with Crippen LogP contribution < -0.4 is 0 Å². The first-order valence-corrected chi connectivity index (χ1v) is 22.9. The highest BCUT2D eigenvalue weighted by Gasteiger charge is 2.34. The van der Waals surface area contributed by atoms with Crippen LogP contribution in [-0.2, 0) is 19.1 Å². The molecule has 4 atom stereocenters. The van der Waals surface area contributed by atoms with Gasteiger partial charge in [-0.2, -0.15) is 0 Å². The van der Waals surface area contributed by atoms with Gasteiger partial charge in [0.15, 0.2) is 0 Å². The van der Waals surface area contributed by atoms with Crippen LogP contribution in [0.2, 0.25) is 51.4 Å². The Kier molecular flexibility index (Phi) is 12.2. The second-order valence-corrected chi connectivity index (χ2v) is 25.3. The van der Waals surface area contributed by atoms with E-state index < -0.39 is 16.1 Å². The van der Waals surface area contributed by atoms with E-state index in [1.54, 1.807) is 0 Å². The molecule has 0 N–H and O–H groups in total. The van der Waals surface area contributed by atoms with E-state index in [1.807, 2.05) is 36.4 Å². The van der Waals surface area contributed by atoms with Crippen LogP contribution in [0.25, 0.3) is 0 Å². The molecule has 0 fully saturated rings. The maximum absolute atomic E-state index is 12.1. The van der Waals surface area contributed by atoms with E-state index in [-0.39, 0.29) is 35.6 Å². The predicted octanol–water partition coefficient (Wildman–Crippen LogP) is 9.24. The van der Waals surface area contributed by atoms with Crippen molar-refractivity contribution in [3.63, 3.8) is 0 Å². The molecule has 0 radical (unpaired) electrons. The molecule has 2 aromatic carbocycles. The second-order valence-electron chi connectivity index (χ2n) is 14.3. The standard InChI is InChI=1S/2C18H26O2Si/c2*1-20-18(19)16-11-10-14(13-21(2,3)4)12-17(16)15-8-6-5-7-9-15/h2*5-9,12,16-17H,10-11,13H2,1-4H3/t16-,17+;16-,17-/m01/s1. The summed E-state index contributed by atoms with van der Waals surface area (Å²) in [6, 6.07) is 23.2. The maximum atomic E-state index is 12.1. The van der Waals surface area contributed by atoms with Crippen LogP contribution in [0, 0.1) is 11.8 Å². The predicted molar refractivity (Wildman–Crippen MR) is 180 cm³/mol. The highest BCUT2D eigenvalue weighted by atomic mass is 28.3. The van der Waals surface area contributed by atoms with Crippen molar-refractivity contribution < 1.29 is 19.1 Å². The molecule has 2 aliphatic carbocycles. The van der Waals surface area contributed by atoms with E-state index in [9.17, 15) is 9.59 Å². The van der Waals surface area contributed by atoms with E-state index in [4.69, 9.17) is 9.47 Å². The Morgan fingerprint density at radius 1 is 0.619 bits per heavy atom. The number of methoxy groups -OCH3 is 2. The molecule has 0 amide bonds. The van der Waals surface area contributed by atoms with Crippen LogP contribution in [0.1, 0.15) is 48.6 Å². The zero-order valence-corrected chi connectivity index (χ0v) is 29.1. The molecule has 0 spiro atoms. The van der Waals surface area contributed by atoms with Crippen molar-refractivity contribution in [2.45, 2.75) is 88.9 Å². The average molecular weight is 605 g/mol. The zero-order valence-electron chi connectivity index (χ0n) is 27.1. The van der Waals surface area contributed by atoms with Crippen molar-refractivity contribution in [2.75, 3.05) is 14.2 Å². The van der Waals surface area contributed by atoms with E-state index in [0.29, 0.717) is 0 Å². The summed E-state index contributed by atoms with van der Waals surface area (Å²) < 4.78 is 10.0. The van der Waals surface area contributed by atoms with Gasteiger partial charge >= 0.3 is 11.9 Å². The highest BCUT2D eigenvalue weighted by Crippen LogP contribution is 2.40. The van der Waals surface area contributed by atoms with Gasteiger partial charge in [0.05, 0.1) is 26.1 Å². The van der Waals surface area contributed by atoms with Crippen LogP contribution in [0.15, 0.2) is 84.0 Å². The van der Waals surface area contributed by atoms with Gasteiger partial charge in [-0.1, -0.05) is 123 Å². The van der Waals surface area contributed by atoms with Crippen molar-refractivity contribution in [1.82, 2.24) is 0 Å². The summed E-state index contributed by atoms with van der Waals surface area (Å²) in [4.78, 5) is 24.2. The summed E-state index contributed by atoms with van der Waals surface area (Å²) in [5, 5.41) is 0. The molecule has 0 unspecified atom stereocenters. The van der Waals surface area contributed by atoms with Crippen LogP contribution in [0.3, 0.4) is 0 Å². The van der Waals surface area contributed by atoms with Gasteiger partial charge in [-0.05, 0) is 48.9 Å². The number of hydrogen-bond donors (Lipinski definition) is 0. The monoisotopic (exact) mass is 604 g/mol. The molecule has 42 heavy (non-hydrogen) atoms. The third kappa shape index (κ3) is 10.2. The number of benzene rings is 2. The Labute approximate surface area is 256 Å². The first-order valence-electron chi connectivity index (χ1n) is 15.5. The molecular weight excluding hydrogens is 553 g/mol. The summed E-state index contributed by atoms with van der Waals surface area (Å²) in [6.45, 7) is 14.4. The van der Waals surface area contributed by atoms with Crippen molar-refractivity contribution in [2.24, 2.45) is 11.8 Å². The van der Waals surface area contributed by atoms with Gasteiger partial charge < -0.3 is 9.47 Å². The molecule has 4 nitrogen and oxygen atoms in total.